The number of aryl methyl sites for hydroxylation is 2. The molecule has 0 amide bonds. The Bertz CT molecular complexity index is 614. The van der Waals surface area contributed by atoms with Crippen molar-refractivity contribution in [2.75, 3.05) is 0 Å². The highest BCUT2D eigenvalue weighted by Gasteiger charge is 2.16. The second-order valence-corrected chi connectivity index (χ2v) is 4.15. The summed E-state index contributed by atoms with van der Waals surface area (Å²) in [4.78, 5) is 16.2. The fraction of sp³-hybridized carbons (Fsp3) is 0.308. The molecule has 0 atom stereocenters. The maximum atomic E-state index is 13.5. The van der Waals surface area contributed by atoms with Gasteiger partial charge in [-0.2, -0.15) is 4.73 Å². The zero-order valence-electron chi connectivity index (χ0n) is 10.3. The van der Waals surface area contributed by atoms with Gasteiger partial charge in [-0.1, -0.05) is 0 Å². The Morgan fingerprint density at radius 1 is 1.24 bits per heavy atom. The predicted octanol–water partition coefficient (Wildman–Crippen LogP) is 2.68. The molecule has 3 nitrogen and oxygen atoms in total. The van der Waals surface area contributed by atoms with Crippen molar-refractivity contribution in [3.8, 4) is 0 Å². The van der Waals surface area contributed by atoms with Crippen molar-refractivity contribution in [3.63, 3.8) is 0 Å². The van der Waals surface area contributed by atoms with E-state index in [0.29, 0.717) is 11.1 Å². The third-order valence-electron chi connectivity index (χ3n) is 3.04. The highest BCUT2D eigenvalue weighted by Crippen LogP contribution is 2.28. The Labute approximate surface area is 98.8 Å². The van der Waals surface area contributed by atoms with Gasteiger partial charge in [0.05, 0.1) is 11.2 Å². The fourth-order valence-electron chi connectivity index (χ4n) is 2.07. The molecular weight excluding hydrogens is 221 g/mol. The van der Waals surface area contributed by atoms with Crippen molar-refractivity contribution in [1.29, 1.82) is 0 Å². The number of rotatable bonds is 1. The third-order valence-corrected chi connectivity index (χ3v) is 3.04. The van der Waals surface area contributed by atoms with Crippen LogP contribution >= 0.6 is 0 Å². The summed E-state index contributed by atoms with van der Waals surface area (Å²) >= 11 is 0. The number of nitrogens with zero attached hydrogens (tertiary/aromatic N) is 1. The maximum Gasteiger partial charge on any atom is 0.329 e. The standard InChI is InChI=1S/C13H14FNO2/c1-7-9(3)15(17-10(4)16)12-6-5-11(14)8(2)13(7)12/h5-6H,1-4H3. The van der Waals surface area contributed by atoms with Gasteiger partial charge in [-0.3, -0.25) is 0 Å². The normalized spacial score (nSPS) is 10.9. The summed E-state index contributed by atoms with van der Waals surface area (Å²) in [5.74, 6) is -0.646. The highest BCUT2D eigenvalue weighted by molar-refractivity contribution is 5.88. The minimum atomic E-state index is -0.396. The van der Waals surface area contributed by atoms with Crippen LogP contribution in [0.15, 0.2) is 12.1 Å². The zero-order chi connectivity index (χ0) is 12.7. The first-order valence-electron chi connectivity index (χ1n) is 5.39. The average molecular weight is 235 g/mol. The van der Waals surface area contributed by atoms with Crippen LogP contribution in [0.5, 0.6) is 0 Å². The predicted molar refractivity (Wildman–Crippen MR) is 63.4 cm³/mol. The lowest BCUT2D eigenvalue weighted by Crippen LogP contribution is -2.17. The van der Waals surface area contributed by atoms with Crippen LogP contribution in [0.2, 0.25) is 0 Å². The first kappa shape index (κ1) is 11.6. The molecular formula is C13H14FNO2. The van der Waals surface area contributed by atoms with Crippen molar-refractivity contribution in [3.05, 3.63) is 34.8 Å². The smallest absolute Gasteiger partial charge is 0.329 e. The number of carbonyl (C=O) groups is 1. The maximum absolute atomic E-state index is 13.5. The SMILES string of the molecule is CC(=O)On1c(C)c(C)c2c(C)c(F)ccc21. The van der Waals surface area contributed by atoms with Crippen LogP contribution in [0.3, 0.4) is 0 Å². The van der Waals surface area contributed by atoms with Gasteiger partial charge in [-0.05, 0) is 44.0 Å². The molecule has 0 saturated carbocycles. The summed E-state index contributed by atoms with van der Waals surface area (Å²) in [5.41, 5.74) is 3.03. The lowest BCUT2D eigenvalue weighted by molar-refractivity contribution is -0.141. The largest absolute Gasteiger partial charge is 0.337 e. The molecule has 1 heterocycles. The fourth-order valence-corrected chi connectivity index (χ4v) is 2.07. The first-order chi connectivity index (χ1) is 7.93. The Hall–Kier alpha value is -1.84. The molecule has 0 saturated heterocycles. The highest BCUT2D eigenvalue weighted by atomic mass is 19.1. The molecule has 4 heteroatoms. The van der Waals surface area contributed by atoms with Gasteiger partial charge < -0.3 is 4.84 Å². The van der Waals surface area contributed by atoms with E-state index in [4.69, 9.17) is 4.84 Å². The van der Waals surface area contributed by atoms with Crippen LogP contribution < -0.4 is 4.84 Å². The van der Waals surface area contributed by atoms with Crippen molar-refractivity contribution in [2.45, 2.75) is 27.7 Å². The van der Waals surface area contributed by atoms with Gasteiger partial charge >= 0.3 is 5.97 Å². The molecule has 17 heavy (non-hydrogen) atoms. The van der Waals surface area contributed by atoms with Crippen molar-refractivity contribution < 1.29 is 14.0 Å². The number of hydrogen-bond donors (Lipinski definition) is 0. The van der Waals surface area contributed by atoms with Crippen LogP contribution in [0.25, 0.3) is 10.9 Å². The molecule has 0 aliphatic carbocycles. The lowest BCUT2D eigenvalue weighted by atomic mass is 10.1. The minimum Gasteiger partial charge on any atom is -0.337 e. The zero-order valence-corrected chi connectivity index (χ0v) is 10.3. The summed E-state index contributed by atoms with van der Waals surface area (Å²) in [6.07, 6.45) is 0. The van der Waals surface area contributed by atoms with Gasteiger partial charge in [-0.15, -0.1) is 0 Å². The molecule has 0 N–H and O–H groups in total. The molecule has 0 spiro atoms. The molecule has 0 aliphatic rings. The number of benzene rings is 1. The minimum absolute atomic E-state index is 0.249. The van der Waals surface area contributed by atoms with E-state index in [9.17, 15) is 9.18 Å². The van der Waals surface area contributed by atoms with Gasteiger partial charge in [0.15, 0.2) is 0 Å². The molecule has 1 aromatic carbocycles. The van der Waals surface area contributed by atoms with E-state index in [0.717, 1.165) is 16.6 Å². The van der Waals surface area contributed by atoms with E-state index >= 15 is 0 Å². The molecule has 0 aliphatic heterocycles. The first-order valence-corrected chi connectivity index (χ1v) is 5.39. The van der Waals surface area contributed by atoms with Crippen molar-refractivity contribution >= 4 is 16.9 Å². The Balaban J connectivity index is 2.82. The Morgan fingerprint density at radius 2 is 1.88 bits per heavy atom. The van der Waals surface area contributed by atoms with Gasteiger partial charge in [0.2, 0.25) is 0 Å². The molecule has 1 aromatic heterocycles. The van der Waals surface area contributed by atoms with E-state index < -0.39 is 5.97 Å². The van der Waals surface area contributed by atoms with Crippen LogP contribution in [-0.2, 0) is 4.79 Å². The molecule has 0 bridgehead atoms. The summed E-state index contributed by atoms with van der Waals surface area (Å²) < 4.78 is 15.0. The van der Waals surface area contributed by atoms with Gasteiger partial charge in [0.1, 0.15) is 5.82 Å². The molecule has 2 rings (SSSR count). The second-order valence-electron chi connectivity index (χ2n) is 4.15. The van der Waals surface area contributed by atoms with Crippen LogP contribution in [0.1, 0.15) is 23.7 Å². The molecule has 0 radical (unpaired) electrons. The van der Waals surface area contributed by atoms with E-state index in [1.165, 1.54) is 17.7 Å². The number of hydrogen-bond acceptors (Lipinski definition) is 2. The molecule has 2 aromatic rings. The molecule has 90 valence electrons. The number of carbonyl (C=O) groups excluding carboxylic acids is 1. The summed E-state index contributed by atoms with van der Waals surface area (Å²) in [6.45, 7) is 6.80. The number of aromatic nitrogens is 1. The van der Waals surface area contributed by atoms with E-state index in [2.05, 4.69) is 0 Å². The lowest BCUT2D eigenvalue weighted by Gasteiger charge is -2.06. The van der Waals surface area contributed by atoms with E-state index in [1.807, 2.05) is 13.8 Å². The van der Waals surface area contributed by atoms with Crippen LogP contribution in [-0.4, -0.2) is 10.7 Å². The van der Waals surface area contributed by atoms with Gasteiger partial charge in [-0.25, -0.2) is 9.18 Å². The van der Waals surface area contributed by atoms with E-state index in [-0.39, 0.29) is 5.82 Å². The number of fused-ring (bicyclic) bond motifs is 1. The summed E-state index contributed by atoms with van der Waals surface area (Å²) in [6, 6.07) is 3.01. The third kappa shape index (κ3) is 1.69. The summed E-state index contributed by atoms with van der Waals surface area (Å²) in [5, 5.41) is 0.809. The second kappa shape index (κ2) is 3.87. The van der Waals surface area contributed by atoms with Gasteiger partial charge in [0, 0.05) is 12.3 Å². The Morgan fingerprint density at radius 3 is 2.47 bits per heavy atom. The topological polar surface area (TPSA) is 31.2 Å². The van der Waals surface area contributed by atoms with E-state index in [1.54, 1.807) is 13.0 Å². The van der Waals surface area contributed by atoms with Crippen molar-refractivity contribution in [1.82, 2.24) is 4.73 Å². The molecule has 0 unspecified atom stereocenters. The summed E-state index contributed by atoms with van der Waals surface area (Å²) in [7, 11) is 0. The number of halogens is 1. The monoisotopic (exact) mass is 235 g/mol. The quantitative estimate of drug-likeness (QED) is 0.761. The van der Waals surface area contributed by atoms with Crippen molar-refractivity contribution in [2.24, 2.45) is 0 Å². The Kier molecular flexibility index (Phi) is 2.65. The van der Waals surface area contributed by atoms with Crippen LogP contribution in [0.4, 0.5) is 4.39 Å². The van der Waals surface area contributed by atoms with Gasteiger partial charge in [0.25, 0.3) is 0 Å². The van der Waals surface area contributed by atoms with Crippen LogP contribution in [0, 0.1) is 26.6 Å². The average Bonchev–Trinajstić information content (AvgIpc) is 2.49. The molecule has 0 fully saturated rings.